The fourth-order valence-corrected chi connectivity index (χ4v) is 3.19. The molecule has 0 aromatic heterocycles. The minimum atomic E-state index is -0.422. The maximum Gasteiger partial charge on any atom is 0.126 e. The van der Waals surface area contributed by atoms with Crippen LogP contribution >= 0.6 is 15.9 Å². The fraction of sp³-hybridized carbons (Fsp3) is 0.600. The van der Waals surface area contributed by atoms with Gasteiger partial charge in [0.25, 0.3) is 0 Å². The number of hydrogen-bond acceptors (Lipinski definition) is 1. The molecule has 2 rings (SSSR count). The summed E-state index contributed by atoms with van der Waals surface area (Å²) in [5.74, 6) is 0.560. The van der Waals surface area contributed by atoms with Crippen LogP contribution in [0.15, 0.2) is 22.7 Å². The average Bonchev–Trinajstić information content (AvgIpc) is 2.84. The summed E-state index contributed by atoms with van der Waals surface area (Å²) in [5, 5.41) is 10.00. The van der Waals surface area contributed by atoms with E-state index in [0.717, 1.165) is 23.2 Å². The molecule has 0 radical (unpaired) electrons. The third kappa shape index (κ3) is 4.06. The lowest BCUT2D eigenvalue weighted by Gasteiger charge is -2.14. The molecule has 0 aliphatic heterocycles. The van der Waals surface area contributed by atoms with Gasteiger partial charge in [-0.3, -0.25) is 0 Å². The van der Waals surface area contributed by atoms with Crippen LogP contribution in [0, 0.1) is 11.7 Å². The van der Waals surface area contributed by atoms with Gasteiger partial charge < -0.3 is 5.11 Å². The van der Waals surface area contributed by atoms with Crippen molar-refractivity contribution in [2.45, 2.75) is 51.0 Å². The van der Waals surface area contributed by atoms with Crippen molar-refractivity contribution >= 4 is 15.9 Å². The Labute approximate surface area is 117 Å². The van der Waals surface area contributed by atoms with Crippen LogP contribution in [0.1, 0.15) is 44.1 Å². The zero-order valence-corrected chi connectivity index (χ0v) is 12.1. The lowest BCUT2D eigenvalue weighted by Crippen LogP contribution is -2.13. The smallest absolute Gasteiger partial charge is 0.126 e. The van der Waals surface area contributed by atoms with Crippen molar-refractivity contribution in [2.75, 3.05) is 0 Å². The van der Waals surface area contributed by atoms with Crippen molar-refractivity contribution in [3.8, 4) is 0 Å². The Balaban J connectivity index is 1.82. The zero-order chi connectivity index (χ0) is 13.0. The van der Waals surface area contributed by atoms with Gasteiger partial charge in [-0.1, -0.05) is 41.6 Å². The molecule has 1 atom stereocenters. The normalized spacial score (nSPS) is 18.2. The summed E-state index contributed by atoms with van der Waals surface area (Å²) in [7, 11) is 0. The number of aliphatic hydroxyl groups excluding tert-OH is 1. The second kappa shape index (κ2) is 6.67. The predicted octanol–water partition coefficient (Wildman–Crippen LogP) is 4.46. The molecule has 1 saturated carbocycles. The summed E-state index contributed by atoms with van der Waals surface area (Å²) in [6.07, 6.45) is 7.14. The highest BCUT2D eigenvalue weighted by Crippen LogP contribution is 2.29. The van der Waals surface area contributed by atoms with E-state index in [-0.39, 0.29) is 5.82 Å². The molecular weight excluding hydrogens is 295 g/mol. The highest BCUT2D eigenvalue weighted by Gasteiger charge is 2.17. The Morgan fingerprint density at radius 3 is 2.78 bits per heavy atom. The molecule has 1 nitrogen and oxygen atoms in total. The molecule has 0 spiro atoms. The van der Waals surface area contributed by atoms with Crippen LogP contribution in [0.4, 0.5) is 4.39 Å². The second-order valence-corrected chi connectivity index (χ2v) is 6.24. The average molecular weight is 315 g/mol. The van der Waals surface area contributed by atoms with E-state index in [2.05, 4.69) is 15.9 Å². The van der Waals surface area contributed by atoms with Crippen molar-refractivity contribution in [1.82, 2.24) is 0 Å². The molecule has 18 heavy (non-hydrogen) atoms. The van der Waals surface area contributed by atoms with E-state index in [1.165, 1.54) is 31.7 Å². The SMILES string of the molecule is OC(CCC1CCCC1)Cc1cc(Br)ccc1F. The van der Waals surface area contributed by atoms with E-state index in [0.29, 0.717) is 12.0 Å². The zero-order valence-electron chi connectivity index (χ0n) is 10.5. The van der Waals surface area contributed by atoms with Gasteiger partial charge in [0.2, 0.25) is 0 Å². The standard InChI is InChI=1S/C15H20BrFO/c16-13-6-8-15(17)12(9-13)10-14(18)7-5-11-3-1-2-4-11/h6,8-9,11,14,18H,1-5,7,10H2. The molecule has 0 amide bonds. The quantitative estimate of drug-likeness (QED) is 0.850. The summed E-state index contributed by atoms with van der Waals surface area (Å²) < 4.78 is 14.4. The Morgan fingerprint density at radius 2 is 2.06 bits per heavy atom. The number of aliphatic hydroxyl groups is 1. The summed E-state index contributed by atoms with van der Waals surface area (Å²) in [5.41, 5.74) is 0.600. The number of halogens is 2. The molecule has 0 saturated heterocycles. The molecule has 0 heterocycles. The first-order valence-corrected chi connectivity index (χ1v) is 7.56. The van der Waals surface area contributed by atoms with Crippen molar-refractivity contribution in [3.63, 3.8) is 0 Å². The first-order chi connectivity index (χ1) is 8.65. The summed E-state index contributed by atoms with van der Waals surface area (Å²) >= 11 is 3.33. The molecule has 100 valence electrons. The van der Waals surface area contributed by atoms with Crippen LogP contribution in [0.2, 0.25) is 0 Å². The Bertz CT molecular complexity index is 388. The summed E-state index contributed by atoms with van der Waals surface area (Å²) in [6.45, 7) is 0. The molecule has 1 aromatic carbocycles. The molecule has 3 heteroatoms. The van der Waals surface area contributed by atoms with Gasteiger partial charge in [0.05, 0.1) is 6.10 Å². The number of hydrogen-bond donors (Lipinski definition) is 1. The predicted molar refractivity (Wildman–Crippen MR) is 75.0 cm³/mol. The van der Waals surface area contributed by atoms with Gasteiger partial charge in [-0.25, -0.2) is 4.39 Å². The molecule has 1 aliphatic rings. The van der Waals surface area contributed by atoms with E-state index in [1.807, 2.05) is 0 Å². The molecule has 1 N–H and O–H groups in total. The molecule has 1 aliphatic carbocycles. The topological polar surface area (TPSA) is 20.2 Å². The number of rotatable bonds is 5. The van der Waals surface area contributed by atoms with E-state index < -0.39 is 6.10 Å². The lowest BCUT2D eigenvalue weighted by atomic mass is 9.96. The number of benzene rings is 1. The summed E-state index contributed by atoms with van der Waals surface area (Å²) in [4.78, 5) is 0. The van der Waals surface area contributed by atoms with Gasteiger partial charge in [-0.2, -0.15) is 0 Å². The van der Waals surface area contributed by atoms with Gasteiger partial charge in [0.1, 0.15) is 5.82 Å². The van der Waals surface area contributed by atoms with Gasteiger partial charge in [0, 0.05) is 10.9 Å². The van der Waals surface area contributed by atoms with Crippen LogP contribution in [0.25, 0.3) is 0 Å². The van der Waals surface area contributed by atoms with Crippen molar-refractivity contribution in [1.29, 1.82) is 0 Å². The van der Waals surface area contributed by atoms with Crippen molar-refractivity contribution < 1.29 is 9.50 Å². The minimum Gasteiger partial charge on any atom is -0.393 e. The van der Waals surface area contributed by atoms with Gasteiger partial charge >= 0.3 is 0 Å². The Kier molecular flexibility index (Phi) is 5.19. The van der Waals surface area contributed by atoms with Crippen molar-refractivity contribution in [3.05, 3.63) is 34.1 Å². The van der Waals surface area contributed by atoms with E-state index in [4.69, 9.17) is 0 Å². The third-order valence-electron chi connectivity index (χ3n) is 3.85. The molecule has 0 bridgehead atoms. The monoisotopic (exact) mass is 314 g/mol. The third-order valence-corrected chi connectivity index (χ3v) is 4.34. The minimum absolute atomic E-state index is 0.224. The molecular formula is C15H20BrFO. The second-order valence-electron chi connectivity index (χ2n) is 5.32. The van der Waals surface area contributed by atoms with Crippen LogP contribution in [-0.4, -0.2) is 11.2 Å². The van der Waals surface area contributed by atoms with Gasteiger partial charge in [-0.15, -0.1) is 0 Å². The maximum atomic E-state index is 13.5. The maximum absolute atomic E-state index is 13.5. The van der Waals surface area contributed by atoms with E-state index in [1.54, 1.807) is 12.1 Å². The highest BCUT2D eigenvalue weighted by molar-refractivity contribution is 9.10. The van der Waals surface area contributed by atoms with Crippen molar-refractivity contribution in [2.24, 2.45) is 5.92 Å². The highest BCUT2D eigenvalue weighted by atomic mass is 79.9. The van der Waals surface area contributed by atoms with Crippen LogP contribution in [0.3, 0.4) is 0 Å². The fourth-order valence-electron chi connectivity index (χ4n) is 2.78. The first kappa shape index (κ1) is 14.0. The first-order valence-electron chi connectivity index (χ1n) is 6.77. The lowest BCUT2D eigenvalue weighted by molar-refractivity contribution is 0.153. The van der Waals surface area contributed by atoms with Crippen LogP contribution < -0.4 is 0 Å². The van der Waals surface area contributed by atoms with E-state index in [9.17, 15) is 9.50 Å². The molecule has 1 aromatic rings. The van der Waals surface area contributed by atoms with Crippen LogP contribution in [-0.2, 0) is 6.42 Å². The largest absolute Gasteiger partial charge is 0.393 e. The van der Waals surface area contributed by atoms with E-state index >= 15 is 0 Å². The summed E-state index contributed by atoms with van der Waals surface area (Å²) in [6, 6.07) is 4.89. The molecule has 1 unspecified atom stereocenters. The van der Waals surface area contributed by atoms with Gasteiger partial charge in [-0.05, 0) is 42.5 Å². The Hall–Kier alpha value is -0.410. The Morgan fingerprint density at radius 1 is 1.33 bits per heavy atom. The van der Waals surface area contributed by atoms with Crippen LogP contribution in [0.5, 0.6) is 0 Å². The molecule has 1 fully saturated rings. The van der Waals surface area contributed by atoms with Gasteiger partial charge in [0.15, 0.2) is 0 Å².